The lowest BCUT2D eigenvalue weighted by Crippen LogP contribution is -2.60. The Balaban J connectivity index is 2.16. The maximum atomic E-state index is 14.1. The smallest absolute Gasteiger partial charge is 0.311 e. The van der Waals surface area contributed by atoms with E-state index in [1.165, 1.54) is 13.8 Å². The zero-order valence-electron chi connectivity index (χ0n) is 33.2. The van der Waals surface area contributed by atoms with Crippen molar-refractivity contribution in [1.82, 2.24) is 9.80 Å². The van der Waals surface area contributed by atoms with Crippen LogP contribution in [0.2, 0.25) is 0 Å². The fourth-order valence-electron chi connectivity index (χ4n) is 8.55. The third-order valence-electron chi connectivity index (χ3n) is 11.8. The minimum atomic E-state index is -1.81. The van der Waals surface area contributed by atoms with Crippen molar-refractivity contribution < 1.29 is 59.1 Å². The highest BCUT2D eigenvalue weighted by Gasteiger charge is 2.52. The molecule has 0 amide bonds. The molecule has 0 radical (unpaired) electrons. The van der Waals surface area contributed by atoms with Crippen LogP contribution in [0.4, 0.5) is 0 Å². The molecule has 300 valence electrons. The molecule has 14 heteroatoms. The Morgan fingerprint density at radius 1 is 0.902 bits per heavy atom. The molecule has 51 heavy (non-hydrogen) atoms. The highest BCUT2D eigenvalue weighted by Crippen LogP contribution is 2.39. The molecule has 0 aromatic rings. The average Bonchev–Trinajstić information content (AvgIpc) is 3.02. The monoisotopic (exact) mass is 734 g/mol. The second kappa shape index (κ2) is 17.2. The topological polar surface area (TPSA) is 191 Å². The standard InChI is InChI=1S/C37H70N2O12/c1-14-26-37(10,46)30(41)23(6)39(13)18-19(2)16-36(9,45)32(51-34-28(40)25(38(11)12)15-20(3)47-34)21(4)29(22(5)33(43)49-26)50-27-17-35(8,44)31(42)24(7)48-27/h19-32,34,40-42,44-46H,14-18H2,1-13H3/t19-,20-,21+,22-,23-,24+,25+,26-,27+,28-,29+,30-,31+,32-,34+,35?,36-,37-/m1/s1. The van der Waals surface area contributed by atoms with Gasteiger partial charge in [0.05, 0.1) is 41.5 Å². The van der Waals surface area contributed by atoms with Crippen LogP contribution in [-0.4, -0.2) is 164 Å². The SMILES string of the molecule is CC[C@H]1OC(=O)[C@H](C)[C@@H](O[C@H]2CC(C)(O)[C@@H](O)[C@H](C)O2)[C@H](C)[C@@H](O[C@@H]2O[C@H](C)C[C@H](N(C)C)[C@H]2O)[C@](C)(O)C[C@@H](C)CN(C)[C@H](C)[C@@H](O)[C@]1(C)O. The number of cyclic esters (lactones) is 1. The fourth-order valence-corrected chi connectivity index (χ4v) is 8.55. The van der Waals surface area contributed by atoms with E-state index in [9.17, 15) is 35.4 Å². The van der Waals surface area contributed by atoms with Gasteiger partial charge in [0.15, 0.2) is 12.6 Å². The van der Waals surface area contributed by atoms with Gasteiger partial charge in [-0.3, -0.25) is 4.79 Å². The van der Waals surface area contributed by atoms with E-state index in [0.29, 0.717) is 13.0 Å². The Labute approximate surface area is 305 Å². The molecular formula is C37H70N2O12. The number of hydrogen-bond donors (Lipinski definition) is 6. The molecule has 0 bridgehead atoms. The molecule has 3 saturated heterocycles. The Morgan fingerprint density at radius 3 is 2.06 bits per heavy atom. The largest absolute Gasteiger partial charge is 0.459 e. The fraction of sp³-hybridized carbons (Fsp3) is 0.973. The van der Waals surface area contributed by atoms with Gasteiger partial charge in [0.25, 0.3) is 0 Å². The molecule has 3 heterocycles. The molecule has 14 nitrogen and oxygen atoms in total. The molecule has 0 aromatic heterocycles. The maximum Gasteiger partial charge on any atom is 0.311 e. The Kier molecular flexibility index (Phi) is 15.0. The third kappa shape index (κ3) is 10.2. The van der Waals surface area contributed by atoms with Gasteiger partial charge in [0, 0.05) is 31.0 Å². The van der Waals surface area contributed by atoms with Crippen LogP contribution in [0.25, 0.3) is 0 Å². The number of aliphatic hydroxyl groups is 6. The van der Waals surface area contributed by atoms with Crippen molar-refractivity contribution in [2.75, 3.05) is 27.7 Å². The summed E-state index contributed by atoms with van der Waals surface area (Å²) in [5, 5.41) is 68.7. The highest BCUT2D eigenvalue weighted by molar-refractivity contribution is 5.73. The van der Waals surface area contributed by atoms with E-state index in [-0.39, 0.29) is 37.3 Å². The summed E-state index contributed by atoms with van der Waals surface area (Å²) in [4.78, 5) is 17.9. The summed E-state index contributed by atoms with van der Waals surface area (Å²) in [5.74, 6) is -2.72. The minimum absolute atomic E-state index is 0.113. The summed E-state index contributed by atoms with van der Waals surface area (Å²) in [7, 11) is 5.57. The molecule has 3 fully saturated rings. The highest BCUT2D eigenvalue weighted by atomic mass is 16.7. The molecular weight excluding hydrogens is 664 g/mol. The van der Waals surface area contributed by atoms with Crippen LogP contribution >= 0.6 is 0 Å². The summed E-state index contributed by atoms with van der Waals surface area (Å²) < 4.78 is 31.4. The summed E-state index contributed by atoms with van der Waals surface area (Å²) in [6, 6.07) is -0.833. The second-order valence-corrected chi connectivity index (χ2v) is 17.0. The molecule has 0 aromatic carbocycles. The first-order valence-corrected chi connectivity index (χ1v) is 18.8. The molecule has 0 spiro atoms. The number of carbonyl (C=O) groups is 1. The zero-order valence-corrected chi connectivity index (χ0v) is 33.2. The third-order valence-corrected chi connectivity index (χ3v) is 11.8. The van der Waals surface area contributed by atoms with E-state index in [1.54, 1.807) is 41.5 Å². The van der Waals surface area contributed by atoms with Gasteiger partial charge in [-0.05, 0) is 94.8 Å². The van der Waals surface area contributed by atoms with Crippen molar-refractivity contribution in [3.63, 3.8) is 0 Å². The van der Waals surface area contributed by atoms with Gasteiger partial charge in [-0.1, -0.05) is 20.8 Å². The van der Waals surface area contributed by atoms with Gasteiger partial charge >= 0.3 is 5.97 Å². The van der Waals surface area contributed by atoms with Gasteiger partial charge in [-0.15, -0.1) is 0 Å². The summed E-state index contributed by atoms with van der Waals surface area (Å²) in [6.07, 6.45) is -9.15. The quantitative estimate of drug-likeness (QED) is 0.214. The predicted molar refractivity (Wildman–Crippen MR) is 189 cm³/mol. The first-order chi connectivity index (χ1) is 23.3. The van der Waals surface area contributed by atoms with Gasteiger partial charge in [-0.25, -0.2) is 0 Å². The van der Waals surface area contributed by atoms with Crippen LogP contribution in [0.5, 0.6) is 0 Å². The minimum Gasteiger partial charge on any atom is -0.459 e. The number of aliphatic hydroxyl groups excluding tert-OH is 3. The maximum absolute atomic E-state index is 14.1. The van der Waals surface area contributed by atoms with Crippen LogP contribution in [0.15, 0.2) is 0 Å². The van der Waals surface area contributed by atoms with E-state index >= 15 is 0 Å². The molecule has 0 aliphatic carbocycles. The first-order valence-electron chi connectivity index (χ1n) is 18.8. The Hall–Kier alpha value is -1.01. The number of likely N-dealkylation sites (N-methyl/N-ethyl adjacent to an activating group) is 2. The molecule has 3 aliphatic rings. The molecule has 18 atom stereocenters. The normalized spacial score (nSPS) is 50.4. The molecule has 0 saturated carbocycles. The van der Waals surface area contributed by atoms with E-state index in [0.717, 1.165) is 0 Å². The van der Waals surface area contributed by atoms with Gasteiger partial charge in [0.1, 0.15) is 30.0 Å². The van der Waals surface area contributed by atoms with Gasteiger partial charge in [-0.2, -0.15) is 0 Å². The van der Waals surface area contributed by atoms with Crippen molar-refractivity contribution in [2.24, 2.45) is 17.8 Å². The van der Waals surface area contributed by atoms with Crippen molar-refractivity contribution in [3.8, 4) is 0 Å². The number of nitrogens with zero attached hydrogens (tertiary/aromatic N) is 2. The molecule has 6 N–H and O–H groups in total. The summed E-state index contributed by atoms with van der Waals surface area (Å²) in [6.45, 7) is 17.5. The van der Waals surface area contributed by atoms with Crippen LogP contribution in [0.1, 0.15) is 94.9 Å². The van der Waals surface area contributed by atoms with Crippen molar-refractivity contribution in [2.45, 2.75) is 185 Å². The Bertz CT molecular complexity index is 1120. The average molecular weight is 735 g/mol. The predicted octanol–water partition coefficient (Wildman–Crippen LogP) is 1.25. The lowest BCUT2D eigenvalue weighted by molar-refractivity contribution is -0.316. The molecule has 1 unspecified atom stereocenters. The first kappa shape index (κ1) is 44.4. The van der Waals surface area contributed by atoms with Crippen molar-refractivity contribution in [1.29, 1.82) is 0 Å². The van der Waals surface area contributed by atoms with Crippen LogP contribution < -0.4 is 0 Å². The van der Waals surface area contributed by atoms with Crippen LogP contribution in [-0.2, 0) is 28.5 Å². The summed E-state index contributed by atoms with van der Waals surface area (Å²) in [5.41, 5.74) is -4.95. The van der Waals surface area contributed by atoms with Crippen LogP contribution in [0.3, 0.4) is 0 Å². The van der Waals surface area contributed by atoms with Crippen molar-refractivity contribution >= 4 is 5.97 Å². The van der Waals surface area contributed by atoms with E-state index in [4.69, 9.17) is 23.7 Å². The number of esters is 1. The van der Waals surface area contributed by atoms with Gasteiger partial charge in [0.2, 0.25) is 0 Å². The lowest BCUT2D eigenvalue weighted by Gasteiger charge is -2.48. The van der Waals surface area contributed by atoms with Crippen molar-refractivity contribution in [3.05, 3.63) is 0 Å². The Morgan fingerprint density at radius 2 is 1.51 bits per heavy atom. The molecule has 3 rings (SSSR count). The van der Waals surface area contributed by atoms with Crippen LogP contribution in [0, 0.1) is 17.8 Å². The summed E-state index contributed by atoms with van der Waals surface area (Å²) >= 11 is 0. The van der Waals surface area contributed by atoms with Gasteiger partial charge < -0.3 is 64.1 Å². The number of rotatable bonds is 6. The van der Waals surface area contributed by atoms with E-state index < -0.39 is 96.0 Å². The second-order valence-electron chi connectivity index (χ2n) is 17.0. The lowest BCUT2D eigenvalue weighted by atomic mass is 9.77. The number of ether oxygens (including phenoxy) is 5. The van der Waals surface area contributed by atoms with E-state index in [2.05, 4.69) is 0 Å². The van der Waals surface area contributed by atoms with E-state index in [1.807, 2.05) is 44.8 Å². The zero-order chi connectivity index (χ0) is 39.0. The number of carbonyl (C=O) groups excluding carboxylic acids is 1. The number of hydrogen-bond acceptors (Lipinski definition) is 14. The molecule has 3 aliphatic heterocycles.